The van der Waals surface area contributed by atoms with Gasteiger partial charge in [0.15, 0.2) is 6.10 Å². The Balaban J connectivity index is 1.79. The third-order valence-electron chi connectivity index (χ3n) is 5.24. The van der Waals surface area contributed by atoms with Gasteiger partial charge in [-0.2, -0.15) is 13.2 Å². The lowest BCUT2D eigenvalue weighted by atomic mass is 9.81. The van der Waals surface area contributed by atoms with Crippen LogP contribution in [0.4, 0.5) is 13.2 Å². The minimum atomic E-state index is -4.83. The Morgan fingerprint density at radius 1 is 1.17 bits per heavy atom. The summed E-state index contributed by atoms with van der Waals surface area (Å²) in [6.45, 7) is -0.557. The summed E-state index contributed by atoms with van der Waals surface area (Å²) < 4.78 is 51.7. The van der Waals surface area contributed by atoms with Gasteiger partial charge in [-0.1, -0.05) is 15.9 Å². The molecule has 3 rings (SSSR count). The highest BCUT2D eigenvalue weighted by atomic mass is 79.9. The summed E-state index contributed by atoms with van der Waals surface area (Å²) in [6, 6.07) is 13.0. The number of hydrogen-bond acceptors (Lipinski definition) is 4. The molecule has 2 aromatic carbocycles. The maximum Gasteiger partial charge on any atom is 0.415 e. The van der Waals surface area contributed by atoms with Gasteiger partial charge in [0.25, 0.3) is 5.91 Å². The van der Waals surface area contributed by atoms with Crippen LogP contribution in [0, 0.1) is 5.41 Å². The van der Waals surface area contributed by atoms with E-state index < -0.39 is 23.6 Å². The number of halogens is 4. The van der Waals surface area contributed by atoms with E-state index in [4.69, 9.17) is 9.47 Å². The van der Waals surface area contributed by atoms with Gasteiger partial charge in [-0.05, 0) is 55.0 Å². The lowest BCUT2D eigenvalue weighted by Crippen LogP contribution is -2.50. The van der Waals surface area contributed by atoms with Crippen molar-refractivity contribution in [3.8, 4) is 11.5 Å². The first-order chi connectivity index (χ1) is 14.1. The van der Waals surface area contributed by atoms with Crippen molar-refractivity contribution in [2.75, 3.05) is 26.8 Å². The van der Waals surface area contributed by atoms with Crippen LogP contribution in [0.1, 0.15) is 16.8 Å². The van der Waals surface area contributed by atoms with Crippen molar-refractivity contribution in [3.63, 3.8) is 0 Å². The molecule has 2 aromatic rings. The van der Waals surface area contributed by atoms with Crippen molar-refractivity contribution in [3.05, 3.63) is 58.6 Å². The first-order valence-electron chi connectivity index (χ1n) is 9.21. The summed E-state index contributed by atoms with van der Waals surface area (Å²) in [5, 5.41) is 10.1. The van der Waals surface area contributed by atoms with E-state index in [1.54, 1.807) is 48.5 Å². The van der Waals surface area contributed by atoms with Gasteiger partial charge in [-0.3, -0.25) is 4.79 Å². The van der Waals surface area contributed by atoms with E-state index in [1.165, 1.54) is 12.0 Å². The quantitative estimate of drug-likeness (QED) is 0.660. The number of aliphatic hydroxyl groups is 1. The molecule has 9 heteroatoms. The second-order valence-electron chi connectivity index (χ2n) is 7.25. The molecule has 0 aliphatic carbocycles. The highest BCUT2D eigenvalue weighted by Gasteiger charge is 2.56. The number of ether oxygens (including phenoxy) is 2. The van der Waals surface area contributed by atoms with Crippen LogP contribution in [0.15, 0.2) is 53.0 Å². The smallest absolute Gasteiger partial charge is 0.415 e. The summed E-state index contributed by atoms with van der Waals surface area (Å²) in [5.41, 5.74) is -1.32. The lowest BCUT2D eigenvalue weighted by Gasteiger charge is -2.35. The Morgan fingerprint density at radius 3 is 2.33 bits per heavy atom. The standard InChI is InChI=1S/C21H21BrF3NO4/c1-29-16-6-2-14(3-7-16)18(27)26-11-10-20(12-26,19(28)21(23,24)25)13-30-17-8-4-15(22)5-9-17/h2-9,19,28H,10-13H2,1H3. The van der Waals surface area contributed by atoms with Gasteiger partial charge in [0, 0.05) is 23.1 Å². The van der Waals surface area contributed by atoms with Gasteiger partial charge in [-0.15, -0.1) is 0 Å². The number of aliphatic hydroxyl groups excluding tert-OH is 1. The van der Waals surface area contributed by atoms with E-state index in [0.29, 0.717) is 17.1 Å². The van der Waals surface area contributed by atoms with Crippen LogP contribution in [0.25, 0.3) is 0 Å². The topological polar surface area (TPSA) is 59.0 Å². The predicted octanol–water partition coefficient (Wildman–Crippen LogP) is 4.29. The number of rotatable bonds is 6. The number of hydrogen-bond donors (Lipinski definition) is 1. The van der Waals surface area contributed by atoms with Crippen molar-refractivity contribution >= 4 is 21.8 Å². The number of carbonyl (C=O) groups is 1. The van der Waals surface area contributed by atoms with E-state index in [0.717, 1.165) is 4.47 Å². The Kier molecular flexibility index (Phi) is 6.62. The number of methoxy groups -OCH3 is 1. The number of amides is 1. The summed E-state index contributed by atoms with van der Waals surface area (Å²) in [7, 11) is 1.50. The number of nitrogens with zero attached hydrogens (tertiary/aromatic N) is 1. The lowest BCUT2D eigenvalue weighted by molar-refractivity contribution is -0.241. The van der Waals surface area contributed by atoms with E-state index in [2.05, 4.69) is 15.9 Å². The second kappa shape index (κ2) is 8.85. The molecular weight excluding hydrogens is 467 g/mol. The van der Waals surface area contributed by atoms with Crippen LogP contribution in [0.5, 0.6) is 11.5 Å². The summed E-state index contributed by atoms with van der Waals surface area (Å²) in [6.07, 6.45) is -7.48. The highest BCUT2D eigenvalue weighted by molar-refractivity contribution is 9.10. The molecule has 1 aliphatic rings. The summed E-state index contributed by atoms with van der Waals surface area (Å²) in [4.78, 5) is 14.1. The minimum absolute atomic E-state index is 0.0356. The monoisotopic (exact) mass is 487 g/mol. The molecule has 0 aromatic heterocycles. The van der Waals surface area contributed by atoms with Crippen LogP contribution < -0.4 is 9.47 Å². The third-order valence-corrected chi connectivity index (χ3v) is 5.77. The van der Waals surface area contributed by atoms with Crippen molar-refractivity contribution < 1.29 is 32.5 Å². The summed E-state index contributed by atoms with van der Waals surface area (Å²) >= 11 is 3.28. The molecule has 1 amide bonds. The van der Waals surface area contributed by atoms with Gasteiger partial charge in [0.2, 0.25) is 0 Å². The zero-order chi connectivity index (χ0) is 21.9. The molecule has 1 fully saturated rings. The largest absolute Gasteiger partial charge is 0.497 e. The molecule has 1 aliphatic heterocycles. The van der Waals surface area contributed by atoms with Crippen LogP contribution in [-0.4, -0.2) is 55.0 Å². The molecule has 1 N–H and O–H groups in total. The van der Waals surface area contributed by atoms with E-state index in [-0.39, 0.29) is 26.1 Å². The van der Waals surface area contributed by atoms with Crippen molar-refractivity contribution in [1.82, 2.24) is 4.90 Å². The van der Waals surface area contributed by atoms with Crippen LogP contribution in [0.3, 0.4) is 0 Å². The number of carbonyl (C=O) groups excluding carboxylic acids is 1. The van der Waals surface area contributed by atoms with Crippen molar-refractivity contribution in [1.29, 1.82) is 0 Å². The fourth-order valence-electron chi connectivity index (χ4n) is 3.51. The maximum atomic E-state index is 13.4. The second-order valence-corrected chi connectivity index (χ2v) is 8.17. The normalized spacial score (nSPS) is 20.1. The molecule has 1 saturated heterocycles. The zero-order valence-electron chi connectivity index (χ0n) is 16.2. The first-order valence-corrected chi connectivity index (χ1v) is 10.0. The zero-order valence-corrected chi connectivity index (χ0v) is 17.7. The fraction of sp³-hybridized carbons (Fsp3) is 0.381. The molecule has 0 saturated carbocycles. The number of alkyl halides is 3. The molecule has 2 unspecified atom stereocenters. The fourth-order valence-corrected chi connectivity index (χ4v) is 3.77. The minimum Gasteiger partial charge on any atom is -0.497 e. The SMILES string of the molecule is COc1ccc(C(=O)N2CCC(COc3ccc(Br)cc3)(C(O)C(F)(F)F)C2)cc1. The van der Waals surface area contributed by atoms with Crippen LogP contribution >= 0.6 is 15.9 Å². The molecule has 0 spiro atoms. The van der Waals surface area contributed by atoms with E-state index >= 15 is 0 Å². The molecule has 0 bridgehead atoms. The van der Waals surface area contributed by atoms with Gasteiger partial charge in [0.1, 0.15) is 11.5 Å². The average Bonchev–Trinajstić information content (AvgIpc) is 3.17. The summed E-state index contributed by atoms with van der Waals surface area (Å²) in [5.74, 6) is 0.544. The van der Waals surface area contributed by atoms with E-state index in [9.17, 15) is 23.1 Å². The van der Waals surface area contributed by atoms with Crippen LogP contribution in [0.2, 0.25) is 0 Å². The maximum absolute atomic E-state index is 13.4. The molecule has 5 nitrogen and oxygen atoms in total. The van der Waals surface area contributed by atoms with Gasteiger partial charge < -0.3 is 19.5 Å². The van der Waals surface area contributed by atoms with E-state index in [1.807, 2.05) is 0 Å². The Hall–Kier alpha value is -2.26. The van der Waals surface area contributed by atoms with Gasteiger partial charge in [0.05, 0.1) is 19.1 Å². The molecule has 0 radical (unpaired) electrons. The van der Waals surface area contributed by atoms with Gasteiger partial charge in [-0.25, -0.2) is 0 Å². The van der Waals surface area contributed by atoms with Crippen molar-refractivity contribution in [2.24, 2.45) is 5.41 Å². The van der Waals surface area contributed by atoms with Crippen LogP contribution in [-0.2, 0) is 0 Å². The molecular formula is C21H21BrF3NO4. The average molecular weight is 488 g/mol. The molecule has 30 heavy (non-hydrogen) atoms. The first kappa shape index (κ1) is 22.4. The molecule has 162 valence electrons. The predicted molar refractivity (Wildman–Crippen MR) is 108 cm³/mol. The number of likely N-dealkylation sites (tertiary alicyclic amines) is 1. The highest BCUT2D eigenvalue weighted by Crippen LogP contribution is 2.42. The third kappa shape index (κ3) is 4.89. The van der Waals surface area contributed by atoms with Gasteiger partial charge >= 0.3 is 6.18 Å². The van der Waals surface area contributed by atoms with Crippen molar-refractivity contribution in [2.45, 2.75) is 18.7 Å². The molecule has 2 atom stereocenters. The Bertz CT molecular complexity index is 873. The Labute approximate surface area is 180 Å². The molecule has 1 heterocycles. The number of benzene rings is 2. The Morgan fingerprint density at radius 2 is 1.77 bits per heavy atom.